The third-order valence-corrected chi connectivity index (χ3v) is 2.92. The number of hydrogen-bond donors (Lipinski definition) is 0. The Morgan fingerprint density at radius 1 is 1.35 bits per heavy atom. The monoisotopic (exact) mass is 325 g/mol. The van der Waals surface area contributed by atoms with Crippen LogP contribution in [0, 0.1) is 0 Å². The number of alkyl halides is 2. The summed E-state index contributed by atoms with van der Waals surface area (Å²) in [6.07, 6.45) is -2.49. The fraction of sp³-hybridized carbons (Fsp3) is 0.429. The van der Waals surface area contributed by atoms with E-state index in [-0.39, 0.29) is 25.6 Å². The standard InChI is InChI=1S/C14H17F2N5O2/c1-20(14(22)11-5-3-2-4-6-11)9-13-17-19-21(18-13)7-8-23-10-12(15)16/h2-6,12H,7-10H2,1H3. The predicted octanol–water partition coefficient (Wildman–Crippen LogP) is 1.23. The third-order valence-electron chi connectivity index (χ3n) is 2.92. The van der Waals surface area contributed by atoms with Gasteiger partial charge in [0.1, 0.15) is 6.61 Å². The van der Waals surface area contributed by atoms with Crippen LogP contribution in [0.4, 0.5) is 8.78 Å². The Morgan fingerprint density at radius 3 is 2.78 bits per heavy atom. The minimum atomic E-state index is -2.49. The lowest BCUT2D eigenvalue weighted by molar-refractivity contribution is 0.0129. The van der Waals surface area contributed by atoms with Gasteiger partial charge in [0.15, 0.2) is 5.82 Å². The molecule has 0 N–H and O–H groups in total. The number of tetrazole rings is 1. The van der Waals surface area contributed by atoms with Crippen LogP contribution in [0.15, 0.2) is 30.3 Å². The second-order valence-electron chi connectivity index (χ2n) is 4.79. The van der Waals surface area contributed by atoms with Gasteiger partial charge >= 0.3 is 0 Å². The van der Waals surface area contributed by atoms with E-state index in [1.807, 2.05) is 6.07 Å². The van der Waals surface area contributed by atoms with Crippen LogP contribution in [-0.2, 0) is 17.8 Å². The van der Waals surface area contributed by atoms with Crippen molar-refractivity contribution in [2.24, 2.45) is 0 Å². The first-order valence-corrected chi connectivity index (χ1v) is 6.99. The number of carbonyl (C=O) groups is 1. The smallest absolute Gasteiger partial charge is 0.261 e. The van der Waals surface area contributed by atoms with E-state index in [1.165, 1.54) is 9.70 Å². The molecular formula is C14H17F2N5O2. The summed E-state index contributed by atoms with van der Waals surface area (Å²) in [6, 6.07) is 8.86. The number of rotatable bonds is 8. The Labute approximate surface area is 131 Å². The molecule has 0 radical (unpaired) electrons. The van der Waals surface area contributed by atoms with Gasteiger partial charge in [-0.2, -0.15) is 4.80 Å². The highest BCUT2D eigenvalue weighted by Gasteiger charge is 2.14. The lowest BCUT2D eigenvalue weighted by Crippen LogP contribution is -2.26. The number of ether oxygens (including phenoxy) is 1. The minimum Gasteiger partial charge on any atom is -0.374 e. The molecule has 0 aliphatic carbocycles. The number of hydrogen-bond acceptors (Lipinski definition) is 5. The minimum absolute atomic E-state index is 0.0684. The van der Waals surface area contributed by atoms with Gasteiger partial charge in [-0.25, -0.2) is 8.78 Å². The van der Waals surface area contributed by atoms with Gasteiger partial charge in [0.25, 0.3) is 12.3 Å². The van der Waals surface area contributed by atoms with E-state index in [0.29, 0.717) is 11.4 Å². The number of halogens is 2. The van der Waals surface area contributed by atoms with Crippen molar-refractivity contribution in [3.05, 3.63) is 41.7 Å². The van der Waals surface area contributed by atoms with Gasteiger partial charge < -0.3 is 9.64 Å². The topological polar surface area (TPSA) is 73.1 Å². The summed E-state index contributed by atoms with van der Waals surface area (Å²) < 4.78 is 28.6. The molecule has 0 saturated heterocycles. The molecule has 7 nitrogen and oxygen atoms in total. The molecular weight excluding hydrogens is 308 g/mol. The normalized spacial score (nSPS) is 11.0. The van der Waals surface area contributed by atoms with E-state index in [4.69, 9.17) is 4.74 Å². The number of carbonyl (C=O) groups excluding carboxylic acids is 1. The highest BCUT2D eigenvalue weighted by atomic mass is 19.3. The summed E-state index contributed by atoms with van der Waals surface area (Å²) in [7, 11) is 1.64. The molecule has 23 heavy (non-hydrogen) atoms. The molecule has 0 spiro atoms. The van der Waals surface area contributed by atoms with Crippen LogP contribution >= 0.6 is 0 Å². The third kappa shape index (κ3) is 5.37. The van der Waals surface area contributed by atoms with Gasteiger partial charge in [-0.15, -0.1) is 10.2 Å². The van der Waals surface area contributed by atoms with Crippen LogP contribution in [0.5, 0.6) is 0 Å². The summed E-state index contributed by atoms with van der Waals surface area (Å²) in [5.74, 6) is 0.216. The quantitative estimate of drug-likeness (QED) is 0.683. The van der Waals surface area contributed by atoms with Crippen molar-refractivity contribution < 1.29 is 18.3 Å². The van der Waals surface area contributed by atoms with Crippen LogP contribution in [0.3, 0.4) is 0 Å². The lowest BCUT2D eigenvalue weighted by Gasteiger charge is -2.14. The molecule has 0 saturated carbocycles. The van der Waals surface area contributed by atoms with Crippen molar-refractivity contribution in [3.63, 3.8) is 0 Å². The van der Waals surface area contributed by atoms with Crippen molar-refractivity contribution >= 4 is 5.91 Å². The van der Waals surface area contributed by atoms with E-state index in [2.05, 4.69) is 15.4 Å². The van der Waals surface area contributed by atoms with Gasteiger partial charge in [0, 0.05) is 12.6 Å². The number of nitrogens with zero attached hydrogens (tertiary/aromatic N) is 5. The van der Waals surface area contributed by atoms with E-state index in [9.17, 15) is 13.6 Å². The molecule has 0 fully saturated rings. The molecule has 2 rings (SSSR count). The molecule has 0 unspecified atom stereocenters. The molecule has 1 heterocycles. The lowest BCUT2D eigenvalue weighted by atomic mass is 10.2. The average molecular weight is 325 g/mol. The fourth-order valence-corrected chi connectivity index (χ4v) is 1.84. The second kappa shape index (κ2) is 8.28. The summed E-state index contributed by atoms with van der Waals surface area (Å²) in [4.78, 5) is 14.9. The first-order valence-electron chi connectivity index (χ1n) is 6.99. The molecule has 1 amide bonds. The number of aromatic nitrogens is 4. The van der Waals surface area contributed by atoms with Gasteiger partial charge in [0.2, 0.25) is 0 Å². The van der Waals surface area contributed by atoms with Crippen molar-refractivity contribution in [3.8, 4) is 0 Å². The van der Waals surface area contributed by atoms with Crippen molar-refractivity contribution in [2.75, 3.05) is 20.3 Å². The molecule has 0 bridgehead atoms. The zero-order valence-corrected chi connectivity index (χ0v) is 12.6. The van der Waals surface area contributed by atoms with Crippen LogP contribution in [0.25, 0.3) is 0 Å². The fourth-order valence-electron chi connectivity index (χ4n) is 1.84. The summed E-state index contributed by atoms with van der Waals surface area (Å²) >= 11 is 0. The van der Waals surface area contributed by atoms with Crippen molar-refractivity contribution in [2.45, 2.75) is 19.5 Å². The highest BCUT2D eigenvalue weighted by Crippen LogP contribution is 2.05. The number of amides is 1. The summed E-state index contributed by atoms with van der Waals surface area (Å²) in [5.41, 5.74) is 0.572. The highest BCUT2D eigenvalue weighted by molar-refractivity contribution is 5.93. The predicted molar refractivity (Wildman–Crippen MR) is 76.9 cm³/mol. The molecule has 0 aliphatic rings. The molecule has 2 aromatic rings. The van der Waals surface area contributed by atoms with Crippen LogP contribution < -0.4 is 0 Å². The summed E-state index contributed by atoms with van der Waals surface area (Å²) in [5, 5.41) is 11.7. The second-order valence-corrected chi connectivity index (χ2v) is 4.79. The van der Waals surface area contributed by atoms with Crippen LogP contribution in [0.1, 0.15) is 16.2 Å². The van der Waals surface area contributed by atoms with Gasteiger partial charge in [0.05, 0.1) is 19.7 Å². The van der Waals surface area contributed by atoms with E-state index in [1.54, 1.807) is 31.3 Å². The van der Waals surface area contributed by atoms with Crippen LogP contribution in [-0.4, -0.2) is 57.7 Å². The Bertz CT molecular complexity index is 621. The Hall–Kier alpha value is -2.42. The van der Waals surface area contributed by atoms with Gasteiger partial charge in [-0.05, 0) is 17.3 Å². The molecule has 1 aromatic carbocycles. The van der Waals surface area contributed by atoms with Crippen molar-refractivity contribution in [1.82, 2.24) is 25.1 Å². The van der Waals surface area contributed by atoms with Gasteiger partial charge in [-0.3, -0.25) is 4.79 Å². The first-order chi connectivity index (χ1) is 11.1. The largest absolute Gasteiger partial charge is 0.374 e. The van der Waals surface area contributed by atoms with Gasteiger partial charge in [-0.1, -0.05) is 18.2 Å². The maximum absolute atomic E-state index is 12.2. The number of benzene rings is 1. The van der Waals surface area contributed by atoms with E-state index >= 15 is 0 Å². The van der Waals surface area contributed by atoms with Crippen LogP contribution in [0.2, 0.25) is 0 Å². The van der Waals surface area contributed by atoms with E-state index in [0.717, 1.165) is 0 Å². The molecule has 9 heteroatoms. The Balaban J connectivity index is 1.82. The average Bonchev–Trinajstić information content (AvgIpc) is 2.99. The molecule has 0 aliphatic heterocycles. The molecule has 124 valence electrons. The Morgan fingerprint density at radius 2 is 2.09 bits per heavy atom. The zero-order valence-electron chi connectivity index (χ0n) is 12.6. The Kier molecular flexibility index (Phi) is 6.10. The summed E-state index contributed by atoms with van der Waals surface area (Å²) in [6.45, 7) is -0.128. The van der Waals surface area contributed by atoms with Crippen molar-refractivity contribution in [1.29, 1.82) is 0 Å². The maximum Gasteiger partial charge on any atom is 0.261 e. The zero-order chi connectivity index (χ0) is 16.7. The molecule has 0 atom stereocenters. The molecule has 1 aromatic heterocycles. The maximum atomic E-state index is 12.2. The van der Waals surface area contributed by atoms with E-state index < -0.39 is 13.0 Å². The first kappa shape index (κ1) is 16.9. The SMILES string of the molecule is CN(Cc1nnn(CCOCC(F)F)n1)C(=O)c1ccccc1.